The number of benzene rings is 1. The number of nitrogens with one attached hydrogen (secondary N) is 1. The number of rotatable bonds is 7. The molecule has 1 N–H and O–H groups in total. The summed E-state index contributed by atoms with van der Waals surface area (Å²) in [4.78, 5) is 2.44. The van der Waals surface area contributed by atoms with Crippen LogP contribution in [0.5, 0.6) is 5.75 Å². The predicted molar refractivity (Wildman–Crippen MR) is 81.3 cm³/mol. The van der Waals surface area contributed by atoms with Crippen molar-refractivity contribution in [2.75, 3.05) is 40.0 Å². The molecule has 1 aromatic rings. The van der Waals surface area contributed by atoms with Crippen LogP contribution in [0, 0.1) is 0 Å². The third-order valence-corrected chi connectivity index (χ3v) is 3.93. The van der Waals surface area contributed by atoms with Crippen LogP contribution in [0.1, 0.15) is 25.5 Å². The molecule has 0 amide bonds. The lowest BCUT2D eigenvalue weighted by molar-refractivity contribution is 0.0650. The minimum absolute atomic E-state index is 0.321. The van der Waals surface area contributed by atoms with Gasteiger partial charge in [-0.3, -0.25) is 4.90 Å². The molecule has 1 aliphatic heterocycles. The van der Waals surface area contributed by atoms with Crippen molar-refractivity contribution < 1.29 is 9.47 Å². The van der Waals surface area contributed by atoms with E-state index in [9.17, 15) is 0 Å². The first-order valence-corrected chi connectivity index (χ1v) is 7.49. The molecule has 0 spiro atoms. The molecule has 1 heterocycles. The highest BCUT2D eigenvalue weighted by molar-refractivity contribution is 5.38. The van der Waals surface area contributed by atoms with E-state index in [0.717, 1.165) is 38.6 Å². The number of nitrogens with zero attached hydrogens (tertiary/aromatic N) is 1. The van der Waals surface area contributed by atoms with Crippen molar-refractivity contribution in [1.29, 1.82) is 0 Å². The molecule has 0 radical (unpaired) electrons. The summed E-state index contributed by atoms with van der Waals surface area (Å²) in [5.41, 5.74) is 1.27. The average molecular weight is 278 g/mol. The van der Waals surface area contributed by atoms with Gasteiger partial charge in [0.05, 0.1) is 18.7 Å². The first-order valence-electron chi connectivity index (χ1n) is 7.49. The molecule has 2 unspecified atom stereocenters. The number of hydrogen-bond acceptors (Lipinski definition) is 4. The third kappa shape index (κ3) is 3.32. The second kappa shape index (κ2) is 7.62. The number of hydrogen-bond donors (Lipinski definition) is 1. The monoisotopic (exact) mass is 278 g/mol. The fraction of sp³-hybridized carbons (Fsp3) is 0.625. The van der Waals surface area contributed by atoms with Crippen molar-refractivity contribution >= 4 is 0 Å². The summed E-state index contributed by atoms with van der Waals surface area (Å²) in [6.45, 7) is 8.72. The maximum Gasteiger partial charge on any atom is 0.124 e. The van der Waals surface area contributed by atoms with Crippen molar-refractivity contribution in [1.82, 2.24) is 10.2 Å². The molecule has 4 heteroatoms. The van der Waals surface area contributed by atoms with Gasteiger partial charge in [-0.25, -0.2) is 0 Å². The highest BCUT2D eigenvalue weighted by Crippen LogP contribution is 2.33. The van der Waals surface area contributed by atoms with Gasteiger partial charge >= 0.3 is 0 Å². The Morgan fingerprint density at radius 1 is 1.35 bits per heavy atom. The number of para-hydroxylation sites is 1. The zero-order valence-corrected chi connectivity index (χ0v) is 12.8. The molecule has 0 saturated carbocycles. The van der Waals surface area contributed by atoms with Crippen molar-refractivity contribution in [3.05, 3.63) is 29.8 Å². The topological polar surface area (TPSA) is 33.7 Å². The maximum atomic E-state index is 5.95. The van der Waals surface area contributed by atoms with E-state index in [1.807, 2.05) is 6.07 Å². The fourth-order valence-corrected chi connectivity index (χ4v) is 2.90. The van der Waals surface area contributed by atoms with Gasteiger partial charge in [0, 0.05) is 19.2 Å². The standard InChI is InChI=1S/C16H26N2O2/c1-4-17-16-13-8-6-7-9-15(13)20-12-14(16)18(5-2)10-11-19-3/h6-9,14,16-17H,4-5,10-12H2,1-3H3. The van der Waals surface area contributed by atoms with E-state index in [1.165, 1.54) is 5.56 Å². The van der Waals surface area contributed by atoms with E-state index in [4.69, 9.17) is 9.47 Å². The Kier molecular flexibility index (Phi) is 5.83. The molecule has 0 bridgehead atoms. The zero-order valence-electron chi connectivity index (χ0n) is 12.8. The van der Waals surface area contributed by atoms with Crippen LogP contribution >= 0.6 is 0 Å². The third-order valence-electron chi connectivity index (χ3n) is 3.93. The number of fused-ring (bicyclic) bond motifs is 1. The van der Waals surface area contributed by atoms with Crippen molar-refractivity contribution in [3.8, 4) is 5.75 Å². The smallest absolute Gasteiger partial charge is 0.124 e. The summed E-state index contributed by atoms with van der Waals surface area (Å²) in [5, 5.41) is 3.62. The molecule has 1 aromatic carbocycles. The Morgan fingerprint density at radius 3 is 2.85 bits per heavy atom. The summed E-state index contributed by atoms with van der Waals surface area (Å²) >= 11 is 0. The second-order valence-corrected chi connectivity index (χ2v) is 5.07. The van der Waals surface area contributed by atoms with Crippen LogP contribution < -0.4 is 10.1 Å². The molecule has 1 aliphatic rings. The van der Waals surface area contributed by atoms with Crippen LogP contribution in [0.25, 0.3) is 0 Å². The quantitative estimate of drug-likeness (QED) is 0.828. The molecule has 0 aromatic heterocycles. The van der Waals surface area contributed by atoms with Crippen molar-refractivity contribution in [3.63, 3.8) is 0 Å². The molecule has 0 aliphatic carbocycles. The predicted octanol–water partition coefficient (Wildman–Crippen LogP) is 2.07. The molecule has 0 fully saturated rings. The Labute approximate surface area is 122 Å². The first-order chi connectivity index (χ1) is 9.81. The van der Waals surface area contributed by atoms with E-state index >= 15 is 0 Å². The highest BCUT2D eigenvalue weighted by Gasteiger charge is 2.33. The van der Waals surface area contributed by atoms with E-state index in [0.29, 0.717) is 12.1 Å². The highest BCUT2D eigenvalue weighted by atomic mass is 16.5. The van der Waals surface area contributed by atoms with Crippen LogP contribution in [0.15, 0.2) is 24.3 Å². The zero-order chi connectivity index (χ0) is 14.4. The van der Waals surface area contributed by atoms with E-state index in [-0.39, 0.29) is 0 Å². The summed E-state index contributed by atoms with van der Waals surface area (Å²) in [6, 6.07) is 9.01. The molecular formula is C16H26N2O2. The van der Waals surface area contributed by atoms with Crippen LogP contribution in [0.3, 0.4) is 0 Å². The van der Waals surface area contributed by atoms with Gasteiger partial charge in [0.15, 0.2) is 0 Å². The van der Waals surface area contributed by atoms with Gasteiger partial charge in [0.25, 0.3) is 0 Å². The minimum Gasteiger partial charge on any atom is -0.492 e. The number of methoxy groups -OCH3 is 1. The SMILES string of the molecule is CCNC1c2ccccc2OCC1N(CC)CCOC. The lowest BCUT2D eigenvalue weighted by atomic mass is 9.95. The van der Waals surface area contributed by atoms with Gasteiger partial charge in [-0.15, -0.1) is 0 Å². The second-order valence-electron chi connectivity index (χ2n) is 5.07. The molecule has 0 saturated heterocycles. The Morgan fingerprint density at radius 2 is 2.15 bits per heavy atom. The van der Waals surface area contributed by atoms with Crippen LogP contribution in [-0.2, 0) is 4.74 Å². The van der Waals surface area contributed by atoms with E-state index in [2.05, 4.69) is 42.3 Å². The molecule has 20 heavy (non-hydrogen) atoms. The molecule has 112 valence electrons. The Balaban J connectivity index is 2.20. The van der Waals surface area contributed by atoms with E-state index in [1.54, 1.807) is 7.11 Å². The van der Waals surface area contributed by atoms with E-state index < -0.39 is 0 Å². The summed E-state index contributed by atoms with van der Waals surface area (Å²) in [7, 11) is 1.75. The maximum absolute atomic E-state index is 5.95. The minimum atomic E-state index is 0.321. The number of likely N-dealkylation sites (N-methyl/N-ethyl adjacent to an activating group) is 2. The summed E-state index contributed by atoms with van der Waals surface area (Å²) in [5.74, 6) is 1.01. The molecule has 2 atom stereocenters. The summed E-state index contributed by atoms with van der Waals surface area (Å²) in [6.07, 6.45) is 0. The normalized spacial score (nSPS) is 21.6. The Hall–Kier alpha value is -1.10. The largest absolute Gasteiger partial charge is 0.492 e. The Bertz CT molecular complexity index is 411. The van der Waals surface area contributed by atoms with Gasteiger partial charge in [-0.05, 0) is 19.2 Å². The molecular weight excluding hydrogens is 252 g/mol. The lowest BCUT2D eigenvalue weighted by Crippen LogP contribution is -2.51. The van der Waals surface area contributed by atoms with Crippen molar-refractivity contribution in [2.24, 2.45) is 0 Å². The van der Waals surface area contributed by atoms with Crippen molar-refractivity contribution in [2.45, 2.75) is 25.9 Å². The van der Waals surface area contributed by atoms with Gasteiger partial charge in [-0.2, -0.15) is 0 Å². The van der Waals surface area contributed by atoms with Gasteiger partial charge in [-0.1, -0.05) is 32.0 Å². The van der Waals surface area contributed by atoms with Gasteiger partial charge in [0.2, 0.25) is 0 Å². The molecule has 4 nitrogen and oxygen atoms in total. The van der Waals surface area contributed by atoms with Gasteiger partial charge < -0.3 is 14.8 Å². The number of ether oxygens (including phenoxy) is 2. The van der Waals surface area contributed by atoms with Crippen LogP contribution in [0.4, 0.5) is 0 Å². The van der Waals surface area contributed by atoms with Crippen LogP contribution in [0.2, 0.25) is 0 Å². The first kappa shape index (κ1) is 15.3. The lowest BCUT2D eigenvalue weighted by Gasteiger charge is -2.40. The van der Waals surface area contributed by atoms with Gasteiger partial charge in [0.1, 0.15) is 12.4 Å². The van der Waals surface area contributed by atoms with Crippen LogP contribution in [-0.4, -0.2) is 50.9 Å². The molecule has 2 rings (SSSR count). The summed E-state index contributed by atoms with van der Waals surface area (Å²) < 4.78 is 11.2. The fourth-order valence-electron chi connectivity index (χ4n) is 2.90. The average Bonchev–Trinajstić information content (AvgIpc) is 2.49.